The Morgan fingerprint density at radius 2 is 2.16 bits per heavy atom. The van der Waals surface area contributed by atoms with Crippen LogP contribution in [0.5, 0.6) is 0 Å². The summed E-state index contributed by atoms with van der Waals surface area (Å²) in [6.07, 6.45) is 4.09. The molecule has 0 atom stereocenters. The van der Waals surface area contributed by atoms with Crippen LogP contribution >= 0.6 is 34.7 Å². The maximum Gasteiger partial charge on any atom is 0.294 e. The van der Waals surface area contributed by atoms with E-state index in [1.807, 2.05) is 6.92 Å². The van der Waals surface area contributed by atoms with Crippen molar-refractivity contribution in [1.82, 2.24) is 9.55 Å². The highest BCUT2D eigenvalue weighted by molar-refractivity contribution is 7.99. The third-order valence-electron chi connectivity index (χ3n) is 5.12. The predicted octanol–water partition coefficient (Wildman–Crippen LogP) is 4.65. The van der Waals surface area contributed by atoms with E-state index < -0.39 is 10.8 Å². The summed E-state index contributed by atoms with van der Waals surface area (Å²) in [5.74, 6) is -0.471. The normalized spacial score (nSPS) is 13.2. The molecule has 2 aromatic heterocycles. The fourth-order valence-electron chi connectivity index (χ4n) is 3.69. The Balaban J connectivity index is 1.57. The molecule has 0 bridgehead atoms. The first-order valence-electron chi connectivity index (χ1n) is 9.80. The van der Waals surface area contributed by atoms with Crippen LogP contribution < -0.4 is 10.9 Å². The van der Waals surface area contributed by atoms with Crippen molar-refractivity contribution in [3.63, 3.8) is 0 Å². The molecule has 4 rings (SSSR count). The number of fused-ring (bicyclic) bond motifs is 3. The van der Waals surface area contributed by atoms with Gasteiger partial charge in [0.05, 0.1) is 16.1 Å². The predicted molar refractivity (Wildman–Crippen MR) is 124 cm³/mol. The molecule has 1 amide bonds. The molecule has 1 aliphatic rings. The molecule has 1 aromatic carbocycles. The van der Waals surface area contributed by atoms with E-state index in [0.29, 0.717) is 17.1 Å². The zero-order valence-electron chi connectivity index (χ0n) is 16.6. The van der Waals surface area contributed by atoms with Crippen LogP contribution in [-0.2, 0) is 24.2 Å². The highest BCUT2D eigenvalue weighted by Gasteiger charge is 2.22. The third kappa shape index (κ3) is 4.32. The quantitative estimate of drug-likeness (QED) is 0.239. The van der Waals surface area contributed by atoms with Crippen molar-refractivity contribution >= 4 is 62.2 Å². The van der Waals surface area contributed by atoms with Gasteiger partial charge in [-0.15, -0.1) is 11.3 Å². The van der Waals surface area contributed by atoms with Crippen molar-refractivity contribution in [2.75, 3.05) is 11.1 Å². The molecular weight excluding hydrogens is 460 g/mol. The molecule has 0 unspecified atom stereocenters. The van der Waals surface area contributed by atoms with Gasteiger partial charge in [0.2, 0.25) is 5.91 Å². The van der Waals surface area contributed by atoms with Crippen LogP contribution in [0, 0.1) is 10.1 Å². The maximum absolute atomic E-state index is 13.1. The standard InChI is InChI=1S/C20H19ClN4O4S2/c1-2-24-19(27)17-12-5-3-4-6-15(12)31-18(17)23-20(24)30-10-16(26)22-13-8-7-11(21)9-14(13)25(28)29/h7-9H,2-6,10H2,1H3,(H,22,26). The van der Waals surface area contributed by atoms with Crippen molar-refractivity contribution in [3.05, 3.63) is 54.1 Å². The molecular formula is C20H19ClN4O4S2. The van der Waals surface area contributed by atoms with Crippen LogP contribution in [0.25, 0.3) is 10.2 Å². The summed E-state index contributed by atoms with van der Waals surface area (Å²) in [5.41, 5.74) is 0.862. The summed E-state index contributed by atoms with van der Waals surface area (Å²) in [6, 6.07) is 4.05. The van der Waals surface area contributed by atoms with Gasteiger partial charge in [0, 0.05) is 22.5 Å². The first-order valence-corrected chi connectivity index (χ1v) is 12.0. The van der Waals surface area contributed by atoms with Gasteiger partial charge in [-0.3, -0.25) is 24.3 Å². The number of amides is 1. The summed E-state index contributed by atoms with van der Waals surface area (Å²) < 4.78 is 1.59. The van der Waals surface area contributed by atoms with Crippen LogP contribution in [-0.4, -0.2) is 26.1 Å². The lowest BCUT2D eigenvalue weighted by Gasteiger charge is -2.12. The van der Waals surface area contributed by atoms with Crippen LogP contribution in [0.15, 0.2) is 28.2 Å². The summed E-state index contributed by atoms with van der Waals surface area (Å²) in [5, 5.41) is 15.1. The minimum absolute atomic E-state index is 0.0389. The number of halogens is 1. The highest BCUT2D eigenvalue weighted by Crippen LogP contribution is 2.35. The number of anilines is 1. The molecule has 0 saturated carbocycles. The number of carbonyl (C=O) groups excluding carboxylic acids is 1. The largest absolute Gasteiger partial charge is 0.320 e. The number of nitrogens with zero attached hydrogens (tertiary/aromatic N) is 3. The molecule has 11 heteroatoms. The number of nitrogens with one attached hydrogen (secondary N) is 1. The first-order chi connectivity index (χ1) is 14.9. The summed E-state index contributed by atoms with van der Waals surface area (Å²) >= 11 is 8.52. The number of thioether (sulfide) groups is 1. The molecule has 8 nitrogen and oxygen atoms in total. The van der Waals surface area contributed by atoms with Gasteiger partial charge in [-0.2, -0.15) is 0 Å². The van der Waals surface area contributed by atoms with E-state index in [-0.39, 0.29) is 27.7 Å². The fourth-order valence-corrected chi connectivity index (χ4v) is 6.02. The molecule has 31 heavy (non-hydrogen) atoms. The molecule has 0 spiro atoms. The van der Waals surface area contributed by atoms with Gasteiger partial charge < -0.3 is 5.32 Å². The molecule has 2 heterocycles. The Kier molecular flexibility index (Phi) is 6.31. The van der Waals surface area contributed by atoms with Gasteiger partial charge in [-0.25, -0.2) is 4.98 Å². The number of carbonyl (C=O) groups is 1. The lowest BCUT2D eigenvalue weighted by Crippen LogP contribution is -2.24. The van der Waals surface area contributed by atoms with Crippen molar-refractivity contribution in [2.45, 2.75) is 44.3 Å². The van der Waals surface area contributed by atoms with Crippen molar-refractivity contribution in [2.24, 2.45) is 0 Å². The Labute approximate surface area is 190 Å². The number of nitro groups is 1. The zero-order valence-corrected chi connectivity index (χ0v) is 19.0. The number of thiophene rings is 1. The monoisotopic (exact) mass is 478 g/mol. The van der Waals surface area contributed by atoms with Crippen LogP contribution in [0.1, 0.15) is 30.2 Å². The summed E-state index contributed by atoms with van der Waals surface area (Å²) in [4.78, 5) is 42.8. The highest BCUT2D eigenvalue weighted by atomic mass is 35.5. The van der Waals surface area contributed by atoms with E-state index in [1.54, 1.807) is 15.9 Å². The minimum Gasteiger partial charge on any atom is -0.320 e. The van der Waals surface area contributed by atoms with E-state index in [1.165, 1.54) is 23.1 Å². The third-order valence-corrected chi connectivity index (χ3v) is 7.52. The summed E-state index contributed by atoms with van der Waals surface area (Å²) in [7, 11) is 0. The Bertz CT molecular complexity index is 1250. The van der Waals surface area contributed by atoms with E-state index >= 15 is 0 Å². The van der Waals surface area contributed by atoms with Crippen molar-refractivity contribution in [3.8, 4) is 0 Å². The van der Waals surface area contributed by atoms with Crippen molar-refractivity contribution < 1.29 is 9.72 Å². The smallest absolute Gasteiger partial charge is 0.294 e. The average molecular weight is 479 g/mol. The van der Waals surface area contributed by atoms with Crippen LogP contribution in [0.2, 0.25) is 5.02 Å². The van der Waals surface area contributed by atoms with E-state index in [9.17, 15) is 19.7 Å². The maximum atomic E-state index is 13.1. The van der Waals surface area contributed by atoms with E-state index in [0.717, 1.165) is 47.8 Å². The SMILES string of the molecule is CCn1c(SCC(=O)Nc2ccc(Cl)cc2[N+](=O)[O-])nc2sc3c(c2c1=O)CCCC3. The summed E-state index contributed by atoms with van der Waals surface area (Å²) in [6.45, 7) is 2.31. The van der Waals surface area contributed by atoms with Crippen molar-refractivity contribution in [1.29, 1.82) is 0 Å². The van der Waals surface area contributed by atoms with Gasteiger partial charge in [0.25, 0.3) is 11.2 Å². The van der Waals surface area contributed by atoms with Crippen LogP contribution in [0.3, 0.4) is 0 Å². The number of benzene rings is 1. The number of aryl methyl sites for hydroxylation is 2. The van der Waals surface area contributed by atoms with Gasteiger partial charge in [0.15, 0.2) is 5.16 Å². The number of aromatic nitrogens is 2. The number of hydrogen-bond acceptors (Lipinski definition) is 7. The number of hydrogen-bond donors (Lipinski definition) is 1. The number of rotatable bonds is 6. The Morgan fingerprint density at radius 1 is 1.39 bits per heavy atom. The van der Waals surface area contributed by atoms with Gasteiger partial charge in [-0.05, 0) is 50.3 Å². The topological polar surface area (TPSA) is 107 Å². The molecule has 0 aliphatic heterocycles. The Hall–Kier alpha value is -2.43. The Morgan fingerprint density at radius 3 is 2.90 bits per heavy atom. The molecule has 1 N–H and O–H groups in total. The lowest BCUT2D eigenvalue weighted by atomic mass is 9.97. The molecule has 0 saturated heterocycles. The number of nitro benzene ring substituents is 1. The van der Waals surface area contributed by atoms with Crippen LogP contribution in [0.4, 0.5) is 11.4 Å². The molecule has 0 radical (unpaired) electrons. The molecule has 0 fully saturated rings. The molecule has 3 aromatic rings. The van der Waals surface area contributed by atoms with E-state index in [4.69, 9.17) is 11.6 Å². The molecule has 162 valence electrons. The van der Waals surface area contributed by atoms with E-state index in [2.05, 4.69) is 10.3 Å². The zero-order chi connectivity index (χ0) is 22.1. The lowest BCUT2D eigenvalue weighted by molar-refractivity contribution is -0.383. The second-order valence-electron chi connectivity index (χ2n) is 7.09. The van der Waals surface area contributed by atoms with Gasteiger partial charge >= 0.3 is 0 Å². The minimum atomic E-state index is -0.600. The van der Waals surface area contributed by atoms with Gasteiger partial charge in [-0.1, -0.05) is 23.4 Å². The molecule has 1 aliphatic carbocycles. The fraction of sp³-hybridized carbons (Fsp3) is 0.350. The average Bonchev–Trinajstić information content (AvgIpc) is 3.12. The second-order valence-corrected chi connectivity index (χ2v) is 9.55. The second kappa shape index (κ2) is 8.97. The first kappa shape index (κ1) is 21.8. The van der Waals surface area contributed by atoms with Gasteiger partial charge in [0.1, 0.15) is 10.5 Å².